The fourth-order valence-electron chi connectivity index (χ4n) is 1.63. The van der Waals surface area contributed by atoms with Crippen molar-refractivity contribution in [1.82, 2.24) is 0 Å². The summed E-state index contributed by atoms with van der Waals surface area (Å²) >= 11 is 0. The van der Waals surface area contributed by atoms with Gasteiger partial charge in [-0.3, -0.25) is 0 Å². The SMILES string of the molecule is NC(N)=NC1(C(=O)O)CCCC1O. The number of carboxylic acid groups (broad SMARTS) is 1. The van der Waals surface area contributed by atoms with Crippen molar-refractivity contribution in [1.29, 1.82) is 0 Å². The zero-order valence-electron chi connectivity index (χ0n) is 7.10. The van der Waals surface area contributed by atoms with Crippen LogP contribution in [0.1, 0.15) is 19.3 Å². The molecule has 1 aliphatic rings. The second-order valence-corrected chi connectivity index (χ2v) is 3.17. The topological polar surface area (TPSA) is 122 Å². The Bertz CT molecular complexity index is 249. The van der Waals surface area contributed by atoms with Gasteiger partial charge in [0.05, 0.1) is 6.10 Å². The third-order valence-corrected chi connectivity index (χ3v) is 2.29. The Hall–Kier alpha value is -1.30. The van der Waals surface area contributed by atoms with Crippen LogP contribution in [0.5, 0.6) is 0 Å². The molecule has 0 aliphatic heterocycles. The van der Waals surface area contributed by atoms with Crippen molar-refractivity contribution < 1.29 is 15.0 Å². The van der Waals surface area contributed by atoms with Crippen LogP contribution < -0.4 is 11.5 Å². The van der Waals surface area contributed by atoms with Gasteiger partial charge in [-0.2, -0.15) is 0 Å². The van der Waals surface area contributed by atoms with E-state index >= 15 is 0 Å². The van der Waals surface area contributed by atoms with Gasteiger partial charge in [0.2, 0.25) is 0 Å². The van der Waals surface area contributed by atoms with Gasteiger partial charge in [-0.1, -0.05) is 0 Å². The number of carboxylic acids is 1. The lowest BCUT2D eigenvalue weighted by molar-refractivity contribution is -0.146. The third kappa shape index (κ3) is 1.57. The molecule has 6 heteroatoms. The number of aliphatic imine (C=N–C) groups is 1. The van der Waals surface area contributed by atoms with E-state index in [1.807, 2.05) is 0 Å². The minimum Gasteiger partial charge on any atom is -0.479 e. The Labute approximate surface area is 75.2 Å². The van der Waals surface area contributed by atoms with Crippen LogP contribution in [0.4, 0.5) is 0 Å². The van der Waals surface area contributed by atoms with Gasteiger partial charge >= 0.3 is 5.97 Å². The number of aliphatic hydroxyl groups excluding tert-OH is 1. The highest BCUT2D eigenvalue weighted by molar-refractivity contribution is 5.86. The number of rotatable bonds is 2. The molecule has 0 saturated heterocycles. The summed E-state index contributed by atoms with van der Waals surface area (Å²) in [7, 11) is 0. The lowest BCUT2D eigenvalue weighted by atomic mass is 9.96. The van der Waals surface area contributed by atoms with Crippen molar-refractivity contribution in [2.45, 2.75) is 30.9 Å². The van der Waals surface area contributed by atoms with Gasteiger partial charge in [0.15, 0.2) is 11.5 Å². The first-order valence-electron chi connectivity index (χ1n) is 4.01. The first-order chi connectivity index (χ1) is 5.99. The second kappa shape index (κ2) is 3.21. The molecular formula is C7H13N3O3. The maximum Gasteiger partial charge on any atom is 0.334 e. The summed E-state index contributed by atoms with van der Waals surface area (Å²) in [6.45, 7) is 0. The lowest BCUT2D eigenvalue weighted by Gasteiger charge is -2.23. The Balaban J connectivity index is 3.01. The van der Waals surface area contributed by atoms with E-state index in [1.54, 1.807) is 0 Å². The van der Waals surface area contributed by atoms with Crippen LogP contribution in [0, 0.1) is 0 Å². The van der Waals surface area contributed by atoms with Crippen LogP contribution in [0.25, 0.3) is 0 Å². The molecule has 1 saturated carbocycles. The maximum atomic E-state index is 10.9. The smallest absolute Gasteiger partial charge is 0.334 e. The van der Waals surface area contributed by atoms with E-state index < -0.39 is 17.6 Å². The molecule has 1 aliphatic carbocycles. The summed E-state index contributed by atoms with van der Waals surface area (Å²) in [5, 5.41) is 18.4. The normalized spacial score (nSPS) is 32.8. The van der Waals surface area contributed by atoms with Crippen LogP contribution in [0.3, 0.4) is 0 Å². The largest absolute Gasteiger partial charge is 0.479 e. The predicted octanol–water partition coefficient (Wildman–Crippen LogP) is -1.37. The highest BCUT2D eigenvalue weighted by Crippen LogP contribution is 2.33. The Kier molecular flexibility index (Phi) is 2.42. The maximum absolute atomic E-state index is 10.9. The van der Waals surface area contributed by atoms with E-state index in [4.69, 9.17) is 16.6 Å². The molecule has 13 heavy (non-hydrogen) atoms. The fourth-order valence-corrected chi connectivity index (χ4v) is 1.63. The number of hydrogen-bond donors (Lipinski definition) is 4. The van der Waals surface area contributed by atoms with E-state index in [2.05, 4.69) is 4.99 Å². The van der Waals surface area contributed by atoms with Crippen molar-refractivity contribution in [2.75, 3.05) is 0 Å². The third-order valence-electron chi connectivity index (χ3n) is 2.29. The first-order valence-corrected chi connectivity index (χ1v) is 4.01. The monoisotopic (exact) mass is 187 g/mol. The van der Waals surface area contributed by atoms with Crippen LogP contribution >= 0.6 is 0 Å². The Morgan fingerprint density at radius 1 is 1.54 bits per heavy atom. The van der Waals surface area contributed by atoms with E-state index in [9.17, 15) is 9.90 Å². The number of carbonyl (C=O) groups is 1. The molecule has 2 atom stereocenters. The molecule has 2 unspecified atom stereocenters. The highest BCUT2D eigenvalue weighted by atomic mass is 16.4. The number of hydrogen-bond acceptors (Lipinski definition) is 3. The summed E-state index contributed by atoms with van der Waals surface area (Å²) in [6, 6.07) is 0. The zero-order chi connectivity index (χ0) is 10.1. The lowest BCUT2D eigenvalue weighted by Crippen LogP contribution is -2.46. The molecule has 0 spiro atoms. The fraction of sp³-hybridized carbons (Fsp3) is 0.714. The Morgan fingerprint density at radius 3 is 2.46 bits per heavy atom. The average Bonchev–Trinajstić information content (AvgIpc) is 2.32. The van der Waals surface area contributed by atoms with Gasteiger partial charge in [0.1, 0.15) is 0 Å². The van der Waals surface area contributed by atoms with Gasteiger partial charge in [0.25, 0.3) is 0 Å². The second-order valence-electron chi connectivity index (χ2n) is 3.17. The van der Waals surface area contributed by atoms with E-state index in [0.717, 1.165) is 0 Å². The zero-order valence-corrected chi connectivity index (χ0v) is 7.10. The summed E-state index contributed by atoms with van der Waals surface area (Å²) in [4.78, 5) is 14.5. The van der Waals surface area contributed by atoms with Gasteiger partial charge in [-0.25, -0.2) is 9.79 Å². The van der Waals surface area contributed by atoms with Crippen molar-refractivity contribution in [3.05, 3.63) is 0 Å². The number of aliphatic carboxylic acids is 1. The number of guanidine groups is 1. The van der Waals surface area contributed by atoms with Gasteiger partial charge in [-0.05, 0) is 19.3 Å². The van der Waals surface area contributed by atoms with Crippen molar-refractivity contribution in [2.24, 2.45) is 16.5 Å². The predicted molar refractivity (Wildman–Crippen MR) is 46.0 cm³/mol. The van der Waals surface area contributed by atoms with Crippen LogP contribution in [-0.4, -0.2) is 33.8 Å². The standard InChI is InChI=1S/C7H13N3O3/c8-6(9)10-7(5(12)13)3-1-2-4(7)11/h4,11H,1-3H2,(H,12,13)(H4,8,9,10). The number of aliphatic hydroxyl groups is 1. The molecule has 0 bridgehead atoms. The average molecular weight is 187 g/mol. The number of nitrogens with zero attached hydrogens (tertiary/aromatic N) is 1. The van der Waals surface area contributed by atoms with Crippen molar-refractivity contribution >= 4 is 11.9 Å². The minimum absolute atomic E-state index is 0.279. The van der Waals surface area contributed by atoms with Gasteiger partial charge < -0.3 is 21.7 Å². The van der Waals surface area contributed by atoms with E-state index in [1.165, 1.54) is 0 Å². The van der Waals surface area contributed by atoms with Gasteiger partial charge in [-0.15, -0.1) is 0 Å². The summed E-state index contributed by atoms with van der Waals surface area (Å²) < 4.78 is 0. The summed E-state index contributed by atoms with van der Waals surface area (Å²) in [5.74, 6) is -1.48. The van der Waals surface area contributed by atoms with Crippen LogP contribution in [0.2, 0.25) is 0 Å². The van der Waals surface area contributed by atoms with Crippen molar-refractivity contribution in [3.63, 3.8) is 0 Å². The summed E-state index contributed by atoms with van der Waals surface area (Å²) in [6.07, 6.45) is 0.321. The molecule has 1 rings (SSSR count). The Morgan fingerprint density at radius 2 is 2.15 bits per heavy atom. The first kappa shape index (κ1) is 9.79. The van der Waals surface area contributed by atoms with E-state index in [0.29, 0.717) is 12.8 Å². The molecule has 0 radical (unpaired) electrons. The van der Waals surface area contributed by atoms with Crippen LogP contribution in [0.15, 0.2) is 4.99 Å². The molecule has 6 nitrogen and oxygen atoms in total. The van der Waals surface area contributed by atoms with Crippen LogP contribution in [-0.2, 0) is 4.79 Å². The molecule has 0 aromatic rings. The molecule has 0 aromatic carbocycles. The molecule has 0 aromatic heterocycles. The molecule has 0 amide bonds. The highest BCUT2D eigenvalue weighted by Gasteiger charge is 2.49. The quantitative estimate of drug-likeness (QED) is 0.314. The van der Waals surface area contributed by atoms with Gasteiger partial charge in [0, 0.05) is 0 Å². The molecule has 6 N–H and O–H groups in total. The molecule has 0 heterocycles. The number of nitrogens with two attached hydrogens (primary N) is 2. The summed E-state index contributed by atoms with van der Waals surface area (Å²) in [5.41, 5.74) is 8.71. The molecule has 1 fully saturated rings. The minimum atomic E-state index is -1.52. The molecule has 74 valence electrons. The molecular weight excluding hydrogens is 174 g/mol. The van der Waals surface area contributed by atoms with E-state index in [-0.39, 0.29) is 12.4 Å². The van der Waals surface area contributed by atoms with Crippen molar-refractivity contribution in [3.8, 4) is 0 Å².